The van der Waals surface area contributed by atoms with Gasteiger partial charge in [-0.15, -0.1) is 0 Å². The summed E-state index contributed by atoms with van der Waals surface area (Å²) in [7, 11) is 0. The summed E-state index contributed by atoms with van der Waals surface area (Å²) < 4.78 is 5.86. The van der Waals surface area contributed by atoms with Gasteiger partial charge in [-0.2, -0.15) is 0 Å². The maximum absolute atomic E-state index is 5.86. The van der Waals surface area contributed by atoms with Crippen LogP contribution < -0.4 is 5.73 Å². The van der Waals surface area contributed by atoms with Crippen molar-refractivity contribution in [3.05, 3.63) is 35.6 Å². The molecular weight excluding hydrogens is 186 g/mol. The maximum Gasteiger partial charge on any atom is 0.134 e. The van der Waals surface area contributed by atoms with E-state index in [1.807, 2.05) is 18.2 Å². The van der Waals surface area contributed by atoms with Crippen molar-refractivity contribution in [2.75, 3.05) is 6.54 Å². The van der Waals surface area contributed by atoms with Crippen LogP contribution in [0.3, 0.4) is 0 Å². The Labute approximate surface area is 90.1 Å². The molecule has 15 heavy (non-hydrogen) atoms. The summed E-state index contributed by atoms with van der Waals surface area (Å²) in [6.45, 7) is 4.90. The van der Waals surface area contributed by atoms with E-state index in [9.17, 15) is 0 Å². The molecule has 2 rings (SSSR count). The lowest BCUT2D eigenvalue weighted by molar-refractivity contribution is 0.481. The number of aryl methyl sites for hydroxylation is 1. The predicted molar refractivity (Wildman–Crippen MR) is 63.0 cm³/mol. The van der Waals surface area contributed by atoms with Crippen LogP contribution in [0.4, 0.5) is 0 Å². The Kier molecular flexibility index (Phi) is 2.78. The summed E-state index contributed by atoms with van der Waals surface area (Å²) in [6.07, 6.45) is 1.02. The molecule has 2 nitrogen and oxygen atoms in total. The van der Waals surface area contributed by atoms with Crippen LogP contribution >= 0.6 is 0 Å². The van der Waals surface area contributed by atoms with Gasteiger partial charge >= 0.3 is 0 Å². The largest absolute Gasteiger partial charge is 0.460 e. The fraction of sp³-hybridized carbons (Fsp3) is 0.385. The van der Waals surface area contributed by atoms with E-state index in [1.54, 1.807) is 0 Å². The number of fused-ring (bicyclic) bond motifs is 1. The van der Waals surface area contributed by atoms with Crippen LogP contribution in [0.15, 0.2) is 28.7 Å². The smallest absolute Gasteiger partial charge is 0.134 e. The third-order valence-corrected chi connectivity index (χ3v) is 3.03. The van der Waals surface area contributed by atoms with Crippen molar-refractivity contribution in [1.82, 2.24) is 0 Å². The maximum atomic E-state index is 5.86. The summed E-state index contributed by atoms with van der Waals surface area (Å²) in [6, 6.07) is 8.15. The third-order valence-electron chi connectivity index (χ3n) is 3.03. The molecule has 1 unspecified atom stereocenters. The molecular formula is C13H17NO. The number of benzene rings is 1. The molecule has 2 aromatic rings. The van der Waals surface area contributed by atoms with Crippen LogP contribution in [0.2, 0.25) is 0 Å². The molecule has 0 aliphatic rings. The molecule has 0 spiro atoms. The Morgan fingerprint density at radius 1 is 1.33 bits per heavy atom. The lowest BCUT2D eigenvalue weighted by atomic mass is 9.99. The number of nitrogens with two attached hydrogens (primary N) is 1. The monoisotopic (exact) mass is 203 g/mol. The molecule has 0 radical (unpaired) electrons. The molecule has 1 atom stereocenters. The second-order valence-electron chi connectivity index (χ2n) is 3.93. The van der Waals surface area contributed by atoms with Crippen LogP contribution in [0.1, 0.15) is 30.6 Å². The van der Waals surface area contributed by atoms with E-state index in [4.69, 9.17) is 10.2 Å². The molecule has 1 aromatic heterocycles. The van der Waals surface area contributed by atoms with Gasteiger partial charge in [-0.25, -0.2) is 0 Å². The van der Waals surface area contributed by atoms with Gasteiger partial charge < -0.3 is 10.2 Å². The minimum Gasteiger partial charge on any atom is -0.460 e. The quantitative estimate of drug-likeness (QED) is 0.832. The van der Waals surface area contributed by atoms with Crippen LogP contribution in [0.25, 0.3) is 11.0 Å². The van der Waals surface area contributed by atoms with Crippen molar-refractivity contribution in [3.63, 3.8) is 0 Å². The van der Waals surface area contributed by atoms with E-state index in [-0.39, 0.29) is 0 Å². The minimum atomic E-state index is 0.345. The molecule has 0 amide bonds. The summed E-state index contributed by atoms with van der Waals surface area (Å²) in [4.78, 5) is 0. The summed E-state index contributed by atoms with van der Waals surface area (Å²) in [5.74, 6) is 1.40. The number of furan rings is 1. The number of hydrogen-bond acceptors (Lipinski definition) is 2. The van der Waals surface area contributed by atoms with Gasteiger partial charge in [0.1, 0.15) is 11.3 Å². The van der Waals surface area contributed by atoms with Crippen molar-refractivity contribution in [3.8, 4) is 0 Å². The van der Waals surface area contributed by atoms with E-state index >= 15 is 0 Å². The van der Waals surface area contributed by atoms with Gasteiger partial charge in [0.15, 0.2) is 0 Å². The SMILES string of the molecule is CCC(CN)c1oc2ccccc2c1C. The molecule has 80 valence electrons. The molecule has 0 fully saturated rings. The van der Waals surface area contributed by atoms with E-state index in [0.29, 0.717) is 12.5 Å². The normalized spacial score (nSPS) is 13.3. The average Bonchev–Trinajstić information content (AvgIpc) is 2.60. The number of hydrogen-bond donors (Lipinski definition) is 1. The fourth-order valence-electron chi connectivity index (χ4n) is 2.04. The Balaban J connectivity index is 2.57. The van der Waals surface area contributed by atoms with Gasteiger partial charge in [-0.1, -0.05) is 25.1 Å². The molecule has 0 aliphatic heterocycles. The van der Waals surface area contributed by atoms with Crippen LogP contribution in [-0.4, -0.2) is 6.54 Å². The average molecular weight is 203 g/mol. The molecule has 1 heterocycles. The minimum absolute atomic E-state index is 0.345. The second-order valence-corrected chi connectivity index (χ2v) is 3.93. The van der Waals surface area contributed by atoms with E-state index in [0.717, 1.165) is 17.8 Å². The number of rotatable bonds is 3. The topological polar surface area (TPSA) is 39.2 Å². The van der Waals surface area contributed by atoms with E-state index in [2.05, 4.69) is 19.9 Å². The molecule has 0 bridgehead atoms. The zero-order chi connectivity index (χ0) is 10.8. The summed E-state index contributed by atoms with van der Waals surface area (Å²) in [5.41, 5.74) is 7.95. The third kappa shape index (κ3) is 1.65. The van der Waals surface area contributed by atoms with Crippen molar-refractivity contribution in [1.29, 1.82) is 0 Å². The first-order chi connectivity index (χ1) is 7.27. The highest BCUT2D eigenvalue weighted by Gasteiger charge is 2.17. The first-order valence-corrected chi connectivity index (χ1v) is 5.46. The van der Waals surface area contributed by atoms with Gasteiger partial charge in [0.25, 0.3) is 0 Å². The number of para-hydroxylation sites is 1. The van der Waals surface area contributed by atoms with Crippen molar-refractivity contribution >= 4 is 11.0 Å². The molecule has 2 heteroatoms. The van der Waals surface area contributed by atoms with Crippen molar-refractivity contribution in [2.24, 2.45) is 5.73 Å². The molecule has 0 saturated heterocycles. The van der Waals surface area contributed by atoms with Crippen molar-refractivity contribution in [2.45, 2.75) is 26.2 Å². The summed E-state index contributed by atoms with van der Waals surface area (Å²) in [5, 5.41) is 1.21. The van der Waals surface area contributed by atoms with E-state index < -0.39 is 0 Å². The molecule has 1 aromatic carbocycles. The fourth-order valence-corrected chi connectivity index (χ4v) is 2.04. The highest BCUT2D eigenvalue weighted by molar-refractivity contribution is 5.82. The lowest BCUT2D eigenvalue weighted by Gasteiger charge is -2.09. The highest BCUT2D eigenvalue weighted by atomic mass is 16.3. The molecule has 0 aliphatic carbocycles. The Morgan fingerprint density at radius 3 is 2.67 bits per heavy atom. The zero-order valence-corrected chi connectivity index (χ0v) is 9.29. The van der Waals surface area contributed by atoms with Crippen LogP contribution in [0, 0.1) is 6.92 Å². The van der Waals surface area contributed by atoms with Gasteiger partial charge in [-0.05, 0) is 25.0 Å². The molecule has 0 saturated carbocycles. The van der Waals surface area contributed by atoms with Gasteiger partial charge in [0.2, 0.25) is 0 Å². The van der Waals surface area contributed by atoms with Crippen LogP contribution in [0.5, 0.6) is 0 Å². The van der Waals surface area contributed by atoms with Crippen molar-refractivity contribution < 1.29 is 4.42 Å². The Bertz CT molecular complexity index is 455. The lowest BCUT2D eigenvalue weighted by Crippen LogP contribution is -2.11. The standard InChI is InChI=1S/C13H17NO/c1-3-10(8-14)13-9(2)11-6-4-5-7-12(11)15-13/h4-7,10H,3,8,14H2,1-2H3. The van der Waals surface area contributed by atoms with Gasteiger partial charge in [0, 0.05) is 17.8 Å². The van der Waals surface area contributed by atoms with Gasteiger partial charge in [0.05, 0.1) is 0 Å². The second kappa shape index (κ2) is 4.07. The van der Waals surface area contributed by atoms with Gasteiger partial charge in [-0.3, -0.25) is 0 Å². The van der Waals surface area contributed by atoms with E-state index in [1.165, 1.54) is 10.9 Å². The zero-order valence-electron chi connectivity index (χ0n) is 9.29. The summed E-state index contributed by atoms with van der Waals surface area (Å²) >= 11 is 0. The Hall–Kier alpha value is -1.28. The first-order valence-electron chi connectivity index (χ1n) is 5.46. The predicted octanol–water partition coefficient (Wildman–Crippen LogP) is 3.19. The first kappa shape index (κ1) is 10.2. The van der Waals surface area contributed by atoms with Crippen LogP contribution in [-0.2, 0) is 0 Å². The Morgan fingerprint density at radius 2 is 2.07 bits per heavy atom. The highest BCUT2D eigenvalue weighted by Crippen LogP contribution is 2.31. The molecule has 2 N–H and O–H groups in total.